The van der Waals surface area contributed by atoms with Crippen LogP contribution < -0.4 is 5.32 Å². The smallest absolute Gasteiger partial charge is 0.418 e. The van der Waals surface area contributed by atoms with Gasteiger partial charge in [0.2, 0.25) is 0 Å². The van der Waals surface area contributed by atoms with Gasteiger partial charge in [0.15, 0.2) is 11.0 Å². The highest BCUT2D eigenvalue weighted by atomic mass is 35.5. The number of amides is 1. The highest BCUT2D eigenvalue weighted by Gasteiger charge is 2.34. The summed E-state index contributed by atoms with van der Waals surface area (Å²) in [6.07, 6.45) is -4.71. The van der Waals surface area contributed by atoms with E-state index in [1.54, 1.807) is 6.07 Å². The molecule has 0 aliphatic heterocycles. The molecule has 0 aliphatic carbocycles. The Morgan fingerprint density at radius 1 is 1.29 bits per heavy atom. The summed E-state index contributed by atoms with van der Waals surface area (Å²) in [5.41, 5.74) is -1.76. The second-order valence-corrected chi connectivity index (χ2v) is 4.30. The second-order valence-electron chi connectivity index (χ2n) is 3.93. The predicted molar refractivity (Wildman–Crippen MR) is 67.8 cm³/mol. The number of nitrogens with one attached hydrogen (secondary N) is 1. The third kappa shape index (κ3) is 3.35. The number of hydrogen-bond acceptors (Lipinski definition) is 3. The first kappa shape index (κ1) is 14.9. The molecule has 4 nitrogen and oxygen atoms in total. The summed E-state index contributed by atoms with van der Waals surface area (Å²) in [4.78, 5) is 11.8. The lowest BCUT2D eigenvalue weighted by molar-refractivity contribution is -0.136. The molecule has 1 aromatic carbocycles. The van der Waals surface area contributed by atoms with Gasteiger partial charge in [-0.1, -0.05) is 0 Å². The number of furan rings is 1. The molecular formula is C13H6ClF3N2O2. The van der Waals surface area contributed by atoms with Gasteiger partial charge in [0, 0.05) is 0 Å². The first-order valence-electron chi connectivity index (χ1n) is 5.49. The second kappa shape index (κ2) is 5.50. The SMILES string of the molecule is N#Cc1ccc(NC(=O)c2ccc(Cl)o2)c(C(F)(F)F)c1. The van der Waals surface area contributed by atoms with E-state index in [4.69, 9.17) is 21.3 Å². The van der Waals surface area contributed by atoms with Crippen LogP contribution in [-0.4, -0.2) is 5.91 Å². The topological polar surface area (TPSA) is 66.0 Å². The van der Waals surface area contributed by atoms with Crippen LogP contribution in [-0.2, 0) is 6.18 Å². The first-order chi connectivity index (χ1) is 9.81. The number of carbonyl (C=O) groups is 1. The van der Waals surface area contributed by atoms with Crippen LogP contribution in [0.25, 0.3) is 0 Å². The van der Waals surface area contributed by atoms with Crippen LogP contribution in [0.5, 0.6) is 0 Å². The Kier molecular flexibility index (Phi) is 3.91. The van der Waals surface area contributed by atoms with Crippen LogP contribution in [0, 0.1) is 11.3 Å². The van der Waals surface area contributed by atoms with Crippen molar-refractivity contribution in [2.24, 2.45) is 0 Å². The number of hydrogen-bond donors (Lipinski definition) is 1. The molecule has 0 radical (unpaired) electrons. The zero-order chi connectivity index (χ0) is 15.6. The lowest BCUT2D eigenvalue weighted by Crippen LogP contribution is -2.16. The molecule has 0 atom stereocenters. The third-order valence-corrected chi connectivity index (χ3v) is 2.70. The van der Waals surface area contributed by atoms with E-state index < -0.39 is 23.3 Å². The zero-order valence-corrected chi connectivity index (χ0v) is 10.9. The molecule has 0 aliphatic rings. The van der Waals surface area contributed by atoms with Crippen molar-refractivity contribution in [2.75, 3.05) is 5.32 Å². The molecule has 1 amide bonds. The van der Waals surface area contributed by atoms with E-state index in [0.717, 1.165) is 6.07 Å². The van der Waals surface area contributed by atoms with E-state index in [1.165, 1.54) is 18.2 Å². The number of nitriles is 1. The number of rotatable bonds is 2. The Balaban J connectivity index is 2.36. The van der Waals surface area contributed by atoms with Crippen molar-refractivity contribution in [1.82, 2.24) is 0 Å². The fourth-order valence-electron chi connectivity index (χ4n) is 1.58. The Morgan fingerprint density at radius 2 is 2.00 bits per heavy atom. The van der Waals surface area contributed by atoms with Crippen LogP contribution >= 0.6 is 11.6 Å². The lowest BCUT2D eigenvalue weighted by atomic mass is 10.1. The van der Waals surface area contributed by atoms with Gasteiger partial charge < -0.3 is 9.73 Å². The van der Waals surface area contributed by atoms with Crippen molar-refractivity contribution in [3.63, 3.8) is 0 Å². The fourth-order valence-corrected chi connectivity index (χ4v) is 1.72. The summed E-state index contributed by atoms with van der Waals surface area (Å²) < 4.78 is 43.6. The summed E-state index contributed by atoms with van der Waals surface area (Å²) in [7, 11) is 0. The summed E-state index contributed by atoms with van der Waals surface area (Å²) in [5.74, 6) is -1.10. The molecule has 1 heterocycles. The number of anilines is 1. The van der Waals surface area contributed by atoms with Gasteiger partial charge in [0.1, 0.15) is 0 Å². The highest BCUT2D eigenvalue weighted by molar-refractivity contribution is 6.29. The molecule has 0 saturated heterocycles. The molecule has 0 saturated carbocycles. The van der Waals surface area contributed by atoms with E-state index in [9.17, 15) is 18.0 Å². The fraction of sp³-hybridized carbons (Fsp3) is 0.0769. The first-order valence-corrected chi connectivity index (χ1v) is 5.87. The molecule has 108 valence electrons. The average Bonchev–Trinajstić information content (AvgIpc) is 2.84. The van der Waals surface area contributed by atoms with Crippen LogP contribution in [0.15, 0.2) is 34.7 Å². The molecule has 21 heavy (non-hydrogen) atoms. The van der Waals surface area contributed by atoms with Crippen molar-refractivity contribution in [2.45, 2.75) is 6.18 Å². The van der Waals surface area contributed by atoms with Crippen LogP contribution in [0.2, 0.25) is 5.22 Å². The molecule has 2 rings (SSSR count). The van der Waals surface area contributed by atoms with Crippen LogP contribution in [0.1, 0.15) is 21.7 Å². The van der Waals surface area contributed by atoms with Gasteiger partial charge in [-0.15, -0.1) is 0 Å². The van der Waals surface area contributed by atoms with Gasteiger partial charge in [-0.2, -0.15) is 18.4 Å². The standard InChI is InChI=1S/C13H6ClF3N2O2/c14-11-4-3-10(21-11)12(20)19-9-2-1-7(6-18)5-8(9)13(15,16)17/h1-5H,(H,19,20). The maximum absolute atomic E-state index is 12.9. The Bertz CT molecular complexity index is 732. The number of alkyl halides is 3. The van der Waals surface area contributed by atoms with Gasteiger partial charge in [0.05, 0.1) is 22.9 Å². The van der Waals surface area contributed by atoms with Crippen molar-refractivity contribution >= 4 is 23.2 Å². The van der Waals surface area contributed by atoms with Crippen molar-refractivity contribution in [1.29, 1.82) is 5.26 Å². The van der Waals surface area contributed by atoms with Crippen molar-refractivity contribution in [3.05, 3.63) is 52.4 Å². The lowest BCUT2D eigenvalue weighted by Gasteiger charge is -2.13. The molecule has 8 heteroatoms. The minimum Gasteiger partial charge on any atom is -0.440 e. The van der Waals surface area contributed by atoms with E-state index in [2.05, 4.69) is 5.32 Å². The summed E-state index contributed by atoms with van der Waals surface area (Å²) >= 11 is 5.49. The Hall–Kier alpha value is -2.46. The van der Waals surface area contributed by atoms with Crippen LogP contribution in [0.3, 0.4) is 0 Å². The predicted octanol–water partition coefficient (Wildman–Crippen LogP) is 4.08. The van der Waals surface area contributed by atoms with Gasteiger partial charge in [-0.05, 0) is 41.9 Å². The van der Waals surface area contributed by atoms with E-state index in [-0.39, 0.29) is 16.5 Å². The molecule has 1 N–H and O–H groups in total. The number of nitrogens with zero attached hydrogens (tertiary/aromatic N) is 1. The van der Waals surface area contributed by atoms with E-state index in [0.29, 0.717) is 6.07 Å². The maximum Gasteiger partial charge on any atom is 0.418 e. The Morgan fingerprint density at radius 3 is 2.52 bits per heavy atom. The van der Waals surface area contributed by atoms with E-state index >= 15 is 0 Å². The summed E-state index contributed by atoms with van der Waals surface area (Å²) in [5, 5.41) is 10.7. The van der Waals surface area contributed by atoms with Crippen molar-refractivity contribution in [3.8, 4) is 6.07 Å². The summed E-state index contributed by atoms with van der Waals surface area (Å²) in [6.45, 7) is 0. The molecule has 0 fully saturated rings. The molecule has 0 unspecified atom stereocenters. The van der Waals surface area contributed by atoms with Gasteiger partial charge in [-0.25, -0.2) is 0 Å². The molecule has 1 aromatic heterocycles. The largest absolute Gasteiger partial charge is 0.440 e. The summed E-state index contributed by atoms with van der Waals surface area (Å²) in [6, 6.07) is 6.96. The molecule has 0 bridgehead atoms. The molecular weight excluding hydrogens is 309 g/mol. The quantitative estimate of drug-likeness (QED) is 0.908. The minimum atomic E-state index is -4.71. The third-order valence-electron chi connectivity index (χ3n) is 2.50. The average molecular weight is 315 g/mol. The maximum atomic E-state index is 12.9. The minimum absolute atomic E-state index is 0.0592. The van der Waals surface area contributed by atoms with Crippen molar-refractivity contribution < 1.29 is 22.4 Å². The van der Waals surface area contributed by atoms with Gasteiger partial charge in [-0.3, -0.25) is 4.79 Å². The van der Waals surface area contributed by atoms with Crippen LogP contribution in [0.4, 0.5) is 18.9 Å². The molecule has 2 aromatic rings. The monoisotopic (exact) mass is 314 g/mol. The number of carbonyl (C=O) groups excluding carboxylic acids is 1. The normalized spacial score (nSPS) is 11.0. The number of benzene rings is 1. The number of halogens is 4. The Labute approximate surface area is 121 Å². The van der Waals surface area contributed by atoms with E-state index in [1.807, 2.05) is 0 Å². The van der Waals surface area contributed by atoms with Gasteiger partial charge >= 0.3 is 6.18 Å². The zero-order valence-electron chi connectivity index (χ0n) is 10.2. The van der Waals surface area contributed by atoms with Gasteiger partial charge in [0.25, 0.3) is 5.91 Å². The highest BCUT2D eigenvalue weighted by Crippen LogP contribution is 2.35. The molecule has 0 spiro atoms.